The van der Waals surface area contributed by atoms with E-state index >= 15 is 0 Å². The molecule has 1 aromatic carbocycles. The highest BCUT2D eigenvalue weighted by Gasteiger charge is 2.10. The Kier molecular flexibility index (Phi) is 4.41. The largest absolute Gasteiger partial charge is 0.508 e. The van der Waals surface area contributed by atoms with Gasteiger partial charge in [-0.25, -0.2) is 0 Å². The number of benzene rings is 1. The lowest BCUT2D eigenvalue weighted by molar-refractivity contribution is 0.437. The van der Waals surface area contributed by atoms with Gasteiger partial charge in [0.05, 0.1) is 0 Å². The Morgan fingerprint density at radius 2 is 2.21 bits per heavy atom. The molecule has 0 bridgehead atoms. The third-order valence-corrected chi connectivity index (χ3v) is 3.05. The Hall–Kier alpha value is -2.01. The van der Waals surface area contributed by atoms with Crippen LogP contribution in [0.1, 0.15) is 24.9 Å². The van der Waals surface area contributed by atoms with Gasteiger partial charge in [0.2, 0.25) is 0 Å². The Labute approximate surface area is 112 Å². The number of hydrogen-bond acceptors (Lipinski definition) is 4. The molecule has 0 amide bonds. The van der Waals surface area contributed by atoms with E-state index in [0.717, 1.165) is 19.5 Å². The van der Waals surface area contributed by atoms with Crippen LogP contribution >= 0.6 is 0 Å². The summed E-state index contributed by atoms with van der Waals surface area (Å²) < 4.78 is 1.89. The van der Waals surface area contributed by atoms with Gasteiger partial charge in [-0.05, 0) is 44.2 Å². The summed E-state index contributed by atoms with van der Waals surface area (Å²) in [5.74, 6) is 0.364. The monoisotopic (exact) mass is 261 g/mol. The van der Waals surface area contributed by atoms with Gasteiger partial charge >= 0.3 is 0 Å². The van der Waals surface area contributed by atoms with Crippen molar-refractivity contribution in [3.8, 4) is 11.5 Å². The topological polar surface area (TPSA) is 70.3 Å². The molecule has 1 unspecified atom stereocenters. The van der Waals surface area contributed by atoms with E-state index in [2.05, 4.69) is 10.4 Å². The molecule has 0 saturated heterocycles. The van der Waals surface area contributed by atoms with E-state index in [9.17, 15) is 10.2 Å². The molecule has 0 saturated carbocycles. The maximum Gasteiger partial charge on any atom is 0.120 e. The molecule has 102 valence electrons. The van der Waals surface area contributed by atoms with Crippen molar-refractivity contribution in [3.05, 3.63) is 42.2 Å². The quantitative estimate of drug-likeness (QED) is 0.549. The third-order valence-electron chi connectivity index (χ3n) is 3.05. The molecule has 0 radical (unpaired) electrons. The van der Waals surface area contributed by atoms with Gasteiger partial charge in [-0.2, -0.15) is 5.10 Å². The van der Waals surface area contributed by atoms with Crippen molar-refractivity contribution in [1.82, 2.24) is 15.1 Å². The van der Waals surface area contributed by atoms with E-state index in [-0.39, 0.29) is 17.5 Å². The van der Waals surface area contributed by atoms with E-state index in [1.165, 1.54) is 12.1 Å². The molecule has 0 aliphatic heterocycles. The molecule has 2 rings (SSSR count). The summed E-state index contributed by atoms with van der Waals surface area (Å²) in [6, 6.07) is 6.46. The Morgan fingerprint density at radius 1 is 1.37 bits per heavy atom. The molecular formula is C14H19N3O2. The third kappa shape index (κ3) is 3.72. The van der Waals surface area contributed by atoms with Crippen molar-refractivity contribution in [3.63, 3.8) is 0 Å². The van der Waals surface area contributed by atoms with Crippen LogP contribution in [0.4, 0.5) is 0 Å². The number of nitrogens with zero attached hydrogens (tertiary/aromatic N) is 2. The highest BCUT2D eigenvalue weighted by atomic mass is 16.3. The summed E-state index contributed by atoms with van der Waals surface area (Å²) in [7, 11) is 0. The minimum absolute atomic E-state index is 0.00952. The van der Waals surface area contributed by atoms with E-state index in [1.807, 2.05) is 23.9 Å². The van der Waals surface area contributed by atoms with Gasteiger partial charge in [-0.3, -0.25) is 4.68 Å². The molecule has 1 atom stereocenters. The highest BCUT2D eigenvalue weighted by Crippen LogP contribution is 2.27. The molecule has 3 N–H and O–H groups in total. The first kappa shape index (κ1) is 13.4. The summed E-state index contributed by atoms with van der Waals surface area (Å²) in [4.78, 5) is 0. The van der Waals surface area contributed by atoms with E-state index in [0.29, 0.717) is 5.56 Å². The fraction of sp³-hybridized carbons (Fsp3) is 0.357. The molecular weight excluding hydrogens is 242 g/mol. The van der Waals surface area contributed by atoms with Crippen molar-refractivity contribution in [2.24, 2.45) is 0 Å². The van der Waals surface area contributed by atoms with Crippen LogP contribution in [0.3, 0.4) is 0 Å². The molecule has 0 spiro atoms. The lowest BCUT2D eigenvalue weighted by atomic mass is 10.1. The van der Waals surface area contributed by atoms with Crippen LogP contribution in [0.2, 0.25) is 0 Å². The Bertz CT molecular complexity index is 511. The van der Waals surface area contributed by atoms with Gasteiger partial charge in [0.1, 0.15) is 11.5 Å². The van der Waals surface area contributed by atoms with Crippen LogP contribution in [0.5, 0.6) is 11.5 Å². The smallest absolute Gasteiger partial charge is 0.120 e. The van der Waals surface area contributed by atoms with E-state index < -0.39 is 0 Å². The van der Waals surface area contributed by atoms with Gasteiger partial charge in [0, 0.05) is 30.5 Å². The summed E-state index contributed by atoms with van der Waals surface area (Å²) in [5, 5.41) is 26.6. The second kappa shape index (κ2) is 6.24. The summed E-state index contributed by atoms with van der Waals surface area (Å²) in [6.07, 6.45) is 4.65. The van der Waals surface area contributed by atoms with Crippen LogP contribution in [0.25, 0.3) is 0 Å². The zero-order chi connectivity index (χ0) is 13.7. The molecule has 19 heavy (non-hydrogen) atoms. The first-order valence-electron chi connectivity index (χ1n) is 6.39. The number of aromatic hydroxyl groups is 2. The second-order valence-electron chi connectivity index (χ2n) is 4.54. The van der Waals surface area contributed by atoms with Gasteiger partial charge in [-0.1, -0.05) is 0 Å². The number of phenolic OH excluding ortho intramolecular Hbond substituents is 2. The molecule has 0 aliphatic carbocycles. The average Bonchev–Trinajstić information content (AvgIpc) is 2.90. The predicted octanol–water partition coefficient (Wildman–Crippen LogP) is 2.04. The van der Waals surface area contributed by atoms with E-state index in [4.69, 9.17) is 0 Å². The minimum atomic E-state index is -0.00952. The van der Waals surface area contributed by atoms with Crippen LogP contribution < -0.4 is 5.32 Å². The molecule has 1 aromatic heterocycles. The first-order chi connectivity index (χ1) is 9.16. The number of aryl methyl sites for hydroxylation is 1. The van der Waals surface area contributed by atoms with Crippen molar-refractivity contribution in [2.75, 3.05) is 6.54 Å². The maximum absolute atomic E-state index is 9.75. The standard InChI is InChI=1S/C14H19N3O2/c1-11(13-10-12(18)4-5-14(13)19)15-6-2-8-17-9-3-7-16-17/h3-5,7,9-11,15,18-19H,2,6,8H2,1H3. The number of rotatable bonds is 6. The maximum atomic E-state index is 9.75. The normalized spacial score (nSPS) is 12.5. The minimum Gasteiger partial charge on any atom is -0.508 e. The summed E-state index contributed by atoms with van der Waals surface area (Å²) in [5.41, 5.74) is 0.707. The Balaban J connectivity index is 1.80. The van der Waals surface area contributed by atoms with E-state index in [1.54, 1.807) is 12.3 Å². The number of aromatic nitrogens is 2. The van der Waals surface area contributed by atoms with Crippen LogP contribution in [0.15, 0.2) is 36.7 Å². The highest BCUT2D eigenvalue weighted by molar-refractivity contribution is 5.40. The van der Waals surface area contributed by atoms with Crippen molar-refractivity contribution < 1.29 is 10.2 Å². The molecule has 1 heterocycles. The fourth-order valence-electron chi connectivity index (χ4n) is 1.99. The second-order valence-corrected chi connectivity index (χ2v) is 4.54. The van der Waals surface area contributed by atoms with Gasteiger partial charge < -0.3 is 15.5 Å². The lowest BCUT2D eigenvalue weighted by Gasteiger charge is -2.15. The molecule has 5 heteroatoms. The average molecular weight is 261 g/mol. The number of hydrogen-bond donors (Lipinski definition) is 3. The predicted molar refractivity (Wildman–Crippen MR) is 73.0 cm³/mol. The molecule has 5 nitrogen and oxygen atoms in total. The van der Waals surface area contributed by atoms with Crippen molar-refractivity contribution >= 4 is 0 Å². The van der Waals surface area contributed by atoms with Crippen LogP contribution in [-0.4, -0.2) is 26.5 Å². The molecule has 0 aliphatic rings. The van der Waals surface area contributed by atoms with Crippen molar-refractivity contribution in [2.45, 2.75) is 25.9 Å². The Morgan fingerprint density at radius 3 is 2.95 bits per heavy atom. The van der Waals surface area contributed by atoms with Crippen LogP contribution in [0, 0.1) is 0 Å². The zero-order valence-electron chi connectivity index (χ0n) is 11.0. The van der Waals surface area contributed by atoms with Gasteiger partial charge in [0.15, 0.2) is 0 Å². The number of phenols is 2. The van der Waals surface area contributed by atoms with Crippen molar-refractivity contribution in [1.29, 1.82) is 0 Å². The zero-order valence-corrected chi connectivity index (χ0v) is 11.0. The SMILES string of the molecule is CC(NCCCn1cccn1)c1cc(O)ccc1O. The molecule has 2 aromatic rings. The van der Waals surface area contributed by atoms with Gasteiger partial charge in [0.25, 0.3) is 0 Å². The fourth-order valence-corrected chi connectivity index (χ4v) is 1.99. The summed E-state index contributed by atoms with van der Waals surface area (Å²) >= 11 is 0. The summed E-state index contributed by atoms with van der Waals surface area (Å²) in [6.45, 7) is 3.64. The first-order valence-corrected chi connectivity index (χ1v) is 6.39. The molecule has 0 fully saturated rings. The van der Waals surface area contributed by atoms with Crippen LogP contribution in [-0.2, 0) is 6.54 Å². The van der Waals surface area contributed by atoms with Gasteiger partial charge in [-0.15, -0.1) is 0 Å². The lowest BCUT2D eigenvalue weighted by Crippen LogP contribution is -2.21. The number of nitrogens with one attached hydrogen (secondary N) is 1.